The zero-order valence-electron chi connectivity index (χ0n) is 10.9. The monoisotopic (exact) mass is 295 g/mol. The van der Waals surface area contributed by atoms with Gasteiger partial charge in [-0.2, -0.15) is 8.42 Å². The molecule has 2 rings (SSSR count). The Balaban J connectivity index is 2.41. The van der Waals surface area contributed by atoms with Crippen LogP contribution in [0.15, 0.2) is 45.9 Å². The number of hydrogen-bond acceptors (Lipinski definition) is 4. The minimum atomic E-state index is -3.92. The first-order valence-corrected chi connectivity index (χ1v) is 7.15. The molecule has 0 fully saturated rings. The number of nitrogens with zero attached hydrogens (tertiary/aromatic N) is 1. The SMILES string of the molecule is Cc1cccc(N(C)S(=O)(=O)c2ccc(C(=O)O)o2)c1. The van der Waals surface area contributed by atoms with Gasteiger partial charge >= 0.3 is 5.97 Å². The summed E-state index contributed by atoms with van der Waals surface area (Å²) in [5.41, 5.74) is 1.38. The molecule has 0 aliphatic rings. The first-order valence-electron chi connectivity index (χ1n) is 5.71. The molecule has 6 nitrogen and oxygen atoms in total. The van der Waals surface area contributed by atoms with Gasteiger partial charge in [0.05, 0.1) is 5.69 Å². The normalized spacial score (nSPS) is 11.3. The molecule has 0 radical (unpaired) electrons. The van der Waals surface area contributed by atoms with Crippen LogP contribution >= 0.6 is 0 Å². The Hall–Kier alpha value is -2.28. The van der Waals surface area contributed by atoms with Gasteiger partial charge in [-0.3, -0.25) is 4.31 Å². The Kier molecular flexibility index (Phi) is 3.54. The number of carboxylic acid groups (broad SMARTS) is 1. The Morgan fingerprint density at radius 2 is 1.95 bits per heavy atom. The van der Waals surface area contributed by atoms with Crippen molar-refractivity contribution in [3.63, 3.8) is 0 Å². The molecule has 0 saturated carbocycles. The molecule has 1 heterocycles. The highest BCUT2D eigenvalue weighted by Gasteiger charge is 2.26. The second-order valence-corrected chi connectivity index (χ2v) is 6.14. The van der Waals surface area contributed by atoms with Crippen molar-refractivity contribution in [1.29, 1.82) is 0 Å². The number of carbonyl (C=O) groups is 1. The van der Waals surface area contributed by atoms with E-state index in [1.165, 1.54) is 7.05 Å². The highest BCUT2D eigenvalue weighted by Crippen LogP contribution is 2.24. The average Bonchev–Trinajstić information content (AvgIpc) is 2.88. The second kappa shape index (κ2) is 5.01. The van der Waals surface area contributed by atoms with E-state index in [9.17, 15) is 13.2 Å². The maximum absolute atomic E-state index is 12.3. The molecule has 106 valence electrons. The van der Waals surface area contributed by atoms with Crippen molar-refractivity contribution in [3.8, 4) is 0 Å². The number of aromatic carboxylic acids is 1. The van der Waals surface area contributed by atoms with Crippen molar-refractivity contribution < 1.29 is 22.7 Å². The number of sulfonamides is 1. The first kappa shape index (κ1) is 14.1. The third-order valence-electron chi connectivity index (χ3n) is 2.77. The summed E-state index contributed by atoms with van der Waals surface area (Å²) in [7, 11) is -2.54. The molecule has 20 heavy (non-hydrogen) atoms. The number of aryl methyl sites for hydroxylation is 1. The summed E-state index contributed by atoms with van der Waals surface area (Å²) in [6.45, 7) is 1.85. The van der Waals surface area contributed by atoms with Crippen LogP contribution < -0.4 is 4.31 Å². The summed E-state index contributed by atoms with van der Waals surface area (Å²) in [5, 5.41) is 8.35. The summed E-state index contributed by atoms with van der Waals surface area (Å²) in [4.78, 5) is 10.7. The van der Waals surface area contributed by atoms with Crippen molar-refractivity contribution in [2.75, 3.05) is 11.4 Å². The molecule has 0 aliphatic heterocycles. The topological polar surface area (TPSA) is 87.8 Å². The van der Waals surface area contributed by atoms with E-state index >= 15 is 0 Å². The molecular weight excluding hydrogens is 282 g/mol. The number of hydrogen-bond donors (Lipinski definition) is 1. The summed E-state index contributed by atoms with van der Waals surface area (Å²) in [6, 6.07) is 9.18. The van der Waals surface area contributed by atoms with Gasteiger partial charge in [-0.1, -0.05) is 12.1 Å². The summed E-state index contributed by atoms with van der Waals surface area (Å²) in [5.74, 6) is -1.73. The standard InChI is InChI=1S/C13H13NO5S/c1-9-4-3-5-10(8-9)14(2)20(17,18)12-7-6-11(19-12)13(15)16/h3-8H,1-2H3,(H,15,16). The van der Waals surface area contributed by atoms with Crippen molar-refractivity contribution in [3.05, 3.63) is 47.7 Å². The van der Waals surface area contributed by atoms with Crippen molar-refractivity contribution >= 4 is 21.7 Å². The molecule has 0 spiro atoms. The minimum Gasteiger partial charge on any atom is -0.475 e. The van der Waals surface area contributed by atoms with Gasteiger partial charge in [0.1, 0.15) is 0 Å². The number of carboxylic acids is 1. The number of benzene rings is 1. The van der Waals surface area contributed by atoms with Gasteiger partial charge in [0.2, 0.25) is 10.9 Å². The summed E-state index contributed by atoms with van der Waals surface area (Å²) >= 11 is 0. The number of furan rings is 1. The summed E-state index contributed by atoms with van der Waals surface area (Å²) < 4.78 is 30.5. The molecule has 2 aromatic rings. The molecule has 0 amide bonds. The van der Waals surface area contributed by atoms with E-state index in [1.807, 2.05) is 13.0 Å². The average molecular weight is 295 g/mol. The Bertz CT molecular complexity index is 748. The lowest BCUT2D eigenvalue weighted by atomic mass is 10.2. The lowest BCUT2D eigenvalue weighted by Crippen LogP contribution is -2.26. The van der Waals surface area contributed by atoms with Crippen LogP contribution in [0.25, 0.3) is 0 Å². The van der Waals surface area contributed by atoms with E-state index in [1.54, 1.807) is 18.2 Å². The smallest absolute Gasteiger partial charge is 0.371 e. The predicted molar refractivity (Wildman–Crippen MR) is 72.4 cm³/mol. The van der Waals surface area contributed by atoms with Crippen LogP contribution in [0.4, 0.5) is 5.69 Å². The van der Waals surface area contributed by atoms with Gasteiger partial charge in [0.15, 0.2) is 0 Å². The first-order chi connectivity index (χ1) is 9.32. The largest absolute Gasteiger partial charge is 0.475 e. The van der Waals surface area contributed by atoms with Gasteiger partial charge in [-0.15, -0.1) is 0 Å². The maximum Gasteiger partial charge on any atom is 0.371 e. The third-order valence-corrected chi connectivity index (χ3v) is 4.43. The lowest BCUT2D eigenvalue weighted by molar-refractivity contribution is 0.0656. The highest BCUT2D eigenvalue weighted by atomic mass is 32.2. The van der Waals surface area contributed by atoms with Crippen LogP contribution in [-0.2, 0) is 10.0 Å². The molecular formula is C13H13NO5S. The van der Waals surface area contributed by atoms with E-state index in [4.69, 9.17) is 9.52 Å². The van der Waals surface area contributed by atoms with Crippen LogP contribution in [0.2, 0.25) is 0 Å². The zero-order chi connectivity index (χ0) is 14.9. The van der Waals surface area contributed by atoms with E-state index in [2.05, 4.69) is 0 Å². The van der Waals surface area contributed by atoms with Crippen LogP contribution in [0.5, 0.6) is 0 Å². The van der Waals surface area contributed by atoms with Gasteiger partial charge in [0.25, 0.3) is 10.0 Å². The molecule has 1 N–H and O–H groups in total. The third kappa shape index (κ3) is 2.53. The van der Waals surface area contributed by atoms with E-state index in [0.717, 1.165) is 22.0 Å². The molecule has 0 bridgehead atoms. The van der Waals surface area contributed by atoms with Crippen molar-refractivity contribution in [2.45, 2.75) is 12.0 Å². The molecule has 0 aliphatic carbocycles. The predicted octanol–water partition coefficient (Wildman–Crippen LogP) is 2.11. The number of anilines is 1. The van der Waals surface area contributed by atoms with Gasteiger partial charge in [-0.05, 0) is 36.8 Å². The summed E-state index contributed by atoms with van der Waals surface area (Å²) in [6.07, 6.45) is 0. The number of rotatable bonds is 4. The van der Waals surface area contributed by atoms with E-state index in [0.29, 0.717) is 5.69 Å². The fraction of sp³-hybridized carbons (Fsp3) is 0.154. The lowest BCUT2D eigenvalue weighted by Gasteiger charge is -2.18. The Morgan fingerprint density at radius 3 is 2.50 bits per heavy atom. The van der Waals surface area contributed by atoms with Gasteiger partial charge < -0.3 is 9.52 Å². The van der Waals surface area contributed by atoms with E-state index in [-0.39, 0.29) is 0 Å². The Morgan fingerprint density at radius 1 is 1.25 bits per heavy atom. The van der Waals surface area contributed by atoms with Crippen molar-refractivity contribution in [2.24, 2.45) is 0 Å². The van der Waals surface area contributed by atoms with Gasteiger partial charge in [-0.25, -0.2) is 4.79 Å². The molecule has 1 aromatic heterocycles. The highest BCUT2D eigenvalue weighted by molar-refractivity contribution is 7.92. The molecule has 7 heteroatoms. The maximum atomic E-state index is 12.3. The van der Waals surface area contributed by atoms with Crippen LogP contribution in [0.1, 0.15) is 16.1 Å². The van der Waals surface area contributed by atoms with Crippen LogP contribution in [0, 0.1) is 6.92 Å². The van der Waals surface area contributed by atoms with E-state index < -0.39 is 26.8 Å². The zero-order valence-corrected chi connectivity index (χ0v) is 11.7. The molecule has 0 atom stereocenters. The molecule has 1 aromatic carbocycles. The second-order valence-electron chi connectivity index (χ2n) is 4.24. The quantitative estimate of drug-likeness (QED) is 0.933. The van der Waals surface area contributed by atoms with Crippen LogP contribution in [-0.4, -0.2) is 26.5 Å². The molecule has 0 unspecified atom stereocenters. The van der Waals surface area contributed by atoms with Crippen LogP contribution in [0.3, 0.4) is 0 Å². The molecule has 0 saturated heterocycles. The van der Waals surface area contributed by atoms with Crippen molar-refractivity contribution in [1.82, 2.24) is 0 Å². The van der Waals surface area contributed by atoms with Gasteiger partial charge in [0, 0.05) is 7.05 Å². The fourth-order valence-corrected chi connectivity index (χ4v) is 2.77. The Labute approximate surface area is 116 Å². The minimum absolute atomic E-state index is 0.404. The fourth-order valence-electron chi connectivity index (χ4n) is 1.67.